The summed E-state index contributed by atoms with van der Waals surface area (Å²) < 4.78 is 10.9. The normalized spacial score (nSPS) is 16.3. The van der Waals surface area contributed by atoms with Gasteiger partial charge in [-0.2, -0.15) is 0 Å². The highest BCUT2D eigenvalue weighted by Crippen LogP contribution is 2.35. The summed E-state index contributed by atoms with van der Waals surface area (Å²) in [5, 5.41) is 0. The molecule has 2 aromatic rings. The highest BCUT2D eigenvalue weighted by molar-refractivity contribution is 5.80. The van der Waals surface area contributed by atoms with Crippen molar-refractivity contribution in [2.75, 3.05) is 37.9 Å². The van der Waals surface area contributed by atoms with E-state index in [2.05, 4.69) is 9.88 Å². The number of para-hydroxylation sites is 1. The van der Waals surface area contributed by atoms with Gasteiger partial charge in [-0.3, -0.25) is 4.79 Å². The number of nitrogens with zero attached hydrogens (tertiary/aromatic N) is 3. The van der Waals surface area contributed by atoms with Gasteiger partial charge in [-0.15, -0.1) is 0 Å². The monoisotopic (exact) mass is 325 g/mol. The summed E-state index contributed by atoms with van der Waals surface area (Å²) in [4.78, 5) is 21.1. The molecule has 1 aromatic carbocycles. The second-order valence-electron chi connectivity index (χ2n) is 5.88. The maximum absolute atomic E-state index is 12.6. The smallest absolute Gasteiger partial charge is 0.231 e. The molecule has 0 spiro atoms. The third-order valence-corrected chi connectivity index (χ3v) is 4.43. The fraction of sp³-hybridized carbons (Fsp3) is 0.333. The minimum atomic E-state index is 0.125. The number of ether oxygens (including phenoxy) is 2. The molecule has 6 nitrogen and oxygen atoms in total. The van der Waals surface area contributed by atoms with Crippen LogP contribution in [0, 0.1) is 0 Å². The van der Waals surface area contributed by atoms with Gasteiger partial charge in [0.2, 0.25) is 12.7 Å². The molecule has 1 amide bonds. The van der Waals surface area contributed by atoms with Crippen LogP contribution in [0.1, 0.15) is 5.56 Å². The number of carbonyl (C=O) groups is 1. The maximum atomic E-state index is 12.6. The standard InChI is InChI=1S/C18H19N3O3/c22-17(12-14-4-3-5-15-18(14)24-13-23-15)21-10-8-20(9-11-21)16-6-1-2-7-19-16/h1-7H,8-13H2. The Hall–Kier alpha value is -2.76. The highest BCUT2D eigenvalue weighted by atomic mass is 16.7. The number of anilines is 1. The summed E-state index contributed by atoms with van der Waals surface area (Å²) in [5.41, 5.74) is 0.891. The lowest BCUT2D eigenvalue weighted by atomic mass is 10.1. The first-order chi connectivity index (χ1) is 11.8. The molecule has 0 radical (unpaired) electrons. The SMILES string of the molecule is O=C(Cc1cccc2c1OCO2)N1CCN(c2ccccn2)CC1. The number of amides is 1. The van der Waals surface area contributed by atoms with Gasteiger partial charge in [-0.1, -0.05) is 18.2 Å². The van der Waals surface area contributed by atoms with E-state index < -0.39 is 0 Å². The van der Waals surface area contributed by atoms with E-state index in [-0.39, 0.29) is 12.7 Å². The molecule has 0 atom stereocenters. The van der Waals surface area contributed by atoms with Crippen molar-refractivity contribution in [3.63, 3.8) is 0 Å². The van der Waals surface area contributed by atoms with Crippen LogP contribution in [0.2, 0.25) is 0 Å². The Balaban J connectivity index is 1.38. The lowest BCUT2D eigenvalue weighted by molar-refractivity contribution is -0.130. The fourth-order valence-corrected chi connectivity index (χ4v) is 3.13. The third-order valence-electron chi connectivity index (χ3n) is 4.43. The molecule has 24 heavy (non-hydrogen) atoms. The Morgan fingerprint density at radius 1 is 1.04 bits per heavy atom. The van der Waals surface area contributed by atoms with Crippen LogP contribution in [0.4, 0.5) is 5.82 Å². The lowest BCUT2D eigenvalue weighted by Gasteiger charge is -2.35. The number of benzene rings is 1. The molecule has 3 heterocycles. The molecule has 0 bridgehead atoms. The Morgan fingerprint density at radius 2 is 1.92 bits per heavy atom. The number of fused-ring (bicyclic) bond motifs is 1. The zero-order chi connectivity index (χ0) is 16.4. The van der Waals surface area contributed by atoms with E-state index >= 15 is 0 Å². The van der Waals surface area contributed by atoms with Crippen LogP contribution in [-0.4, -0.2) is 48.8 Å². The van der Waals surface area contributed by atoms with Gasteiger partial charge in [0.1, 0.15) is 5.82 Å². The quantitative estimate of drug-likeness (QED) is 0.860. The average molecular weight is 325 g/mol. The van der Waals surface area contributed by atoms with Crippen molar-refractivity contribution in [1.29, 1.82) is 0 Å². The molecule has 0 saturated carbocycles. The van der Waals surface area contributed by atoms with Crippen LogP contribution in [0.5, 0.6) is 11.5 Å². The minimum Gasteiger partial charge on any atom is -0.454 e. The van der Waals surface area contributed by atoms with Crippen LogP contribution in [-0.2, 0) is 11.2 Å². The Bertz CT molecular complexity index is 728. The number of pyridine rings is 1. The van der Waals surface area contributed by atoms with Crippen LogP contribution in [0.15, 0.2) is 42.6 Å². The zero-order valence-corrected chi connectivity index (χ0v) is 13.4. The minimum absolute atomic E-state index is 0.125. The Kier molecular flexibility index (Phi) is 3.94. The van der Waals surface area contributed by atoms with Crippen LogP contribution in [0.3, 0.4) is 0 Å². The Morgan fingerprint density at radius 3 is 2.71 bits per heavy atom. The first-order valence-corrected chi connectivity index (χ1v) is 8.12. The number of hydrogen-bond donors (Lipinski definition) is 0. The lowest BCUT2D eigenvalue weighted by Crippen LogP contribution is -2.49. The van der Waals surface area contributed by atoms with E-state index in [0.29, 0.717) is 25.3 Å². The Labute approximate surface area is 140 Å². The van der Waals surface area contributed by atoms with Crippen LogP contribution in [0.25, 0.3) is 0 Å². The molecule has 2 aliphatic heterocycles. The van der Waals surface area contributed by atoms with Gasteiger partial charge in [0.15, 0.2) is 11.5 Å². The molecule has 0 unspecified atom stereocenters. The fourth-order valence-electron chi connectivity index (χ4n) is 3.13. The van der Waals surface area contributed by atoms with E-state index in [9.17, 15) is 4.79 Å². The van der Waals surface area contributed by atoms with E-state index in [0.717, 1.165) is 30.2 Å². The molecule has 1 aromatic heterocycles. The first kappa shape index (κ1) is 14.8. The molecular formula is C18H19N3O3. The predicted octanol–water partition coefficient (Wildman–Crippen LogP) is 1.70. The number of hydrogen-bond acceptors (Lipinski definition) is 5. The zero-order valence-electron chi connectivity index (χ0n) is 13.4. The number of carbonyl (C=O) groups excluding carboxylic acids is 1. The van der Waals surface area contributed by atoms with E-state index in [1.165, 1.54) is 0 Å². The van der Waals surface area contributed by atoms with E-state index in [4.69, 9.17) is 9.47 Å². The molecule has 0 N–H and O–H groups in total. The van der Waals surface area contributed by atoms with Crippen molar-refractivity contribution in [3.8, 4) is 11.5 Å². The molecular weight excluding hydrogens is 306 g/mol. The molecule has 0 aliphatic carbocycles. The van der Waals surface area contributed by atoms with Crippen LogP contribution < -0.4 is 14.4 Å². The highest BCUT2D eigenvalue weighted by Gasteiger charge is 2.24. The van der Waals surface area contributed by atoms with Crippen molar-refractivity contribution >= 4 is 11.7 Å². The second kappa shape index (κ2) is 6.39. The summed E-state index contributed by atoms with van der Waals surface area (Å²) in [7, 11) is 0. The van der Waals surface area contributed by atoms with Gasteiger partial charge in [-0.05, 0) is 18.2 Å². The average Bonchev–Trinajstić information content (AvgIpc) is 3.12. The van der Waals surface area contributed by atoms with Crippen molar-refractivity contribution in [3.05, 3.63) is 48.2 Å². The number of rotatable bonds is 3. The van der Waals surface area contributed by atoms with Gasteiger partial charge in [0.25, 0.3) is 0 Å². The molecule has 1 saturated heterocycles. The van der Waals surface area contributed by atoms with Crippen molar-refractivity contribution in [1.82, 2.24) is 9.88 Å². The van der Waals surface area contributed by atoms with Gasteiger partial charge in [-0.25, -0.2) is 4.98 Å². The summed E-state index contributed by atoms with van der Waals surface area (Å²) in [6.07, 6.45) is 2.14. The summed E-state index contributed by atoms with van der Waals surface area (Å²) in [6.45, 7) is 3.25. The summed E-state index contributed by atoms with van der Waals surface area (Å²) in [5.74, 6) is 2.52. The predicted molar refractivity (Wildman–Crippen MR) is 89.3 cm³/mol. The van der Waals surface area contributed by atoms with Gasteiger partial charge < -0.3 is 19.3 Å². The molecule has 6 heteroatoms. The molecule has 1 fully saturated rings. The number of piperazine rings is 1. The van der Waals surface area contributed by atoms with Gasteiger partial charge in [0, 0.05) is 37.9 Å². The van der Waals surface area contributed by atoms with E-state index in [1.807, 2.05) is 41.3 Å². The first-order valence-electron chi connectivity index (χ1n) is 8.12. The van der Waals surface area contributed by atoms with Crippen LogP contribution >= 0.6 is 0 Å². The summed E-state index contributed by atoms with van der Waals surface area (Å²) >= 11 is 0. The maximum Gasteiger partial charge on any atom is 0.231 e. The molecule has 2 aliphatic rings. The summed E-state index contributed by atoms with van der Waals surface area (Å²) in [6, 6.07) is 11.6. The van der Waals surface area contributed by atoms with Crippen molar-refractivity contribution in [2.45, 2.75) is 6.42 Å². The van der Waals surface area contributed by atoms with Crippen molar-refractivity contribution in [2.24, 2.45) is 0 Å². The molecule has 4 rings (SSSR count). The van der Waals surface area contributed by atoms with E-state index in [1.54, 1.807) is 6.20 Å². The molecule has 124 valence electrons. The van der Waals surface area contributed by atoms with Gasteiger partial charge in [0.05, 0.1) is 6.42 Å². The largest absolute Gasteiger partial charge is 0.454 e. The third kappa shape index (κ3) is 2.87. The van der Waals surface area contributed by atoms with Gasteiger partial charge >= 0.3 is 0 Å². The number of aromatic nitrogens is 1. The van der Waals surface area contributed by atoms with Crippen molar-refractivity contribution < 1.29 is 14.3 Å². The second-order valence-corrected chi connectivity index (χ2v) is 5.88. The topological polar surface area (TPSA) is 54.9 Å².